The Kier molecular flexibility index (Phi) is 4.93. The lowest BCUT2D eigenvalue weighted by Gasteiger charge is -2.07. The summed E-state index contributed by atoms with van der Waals surface area (Å²) >= 11 is 3.19. The summed E-state index contributed by atoms with van der Waals surface area (Å²) in [6.45, 7) is 4.35. The van der Waals surface area contributed by atoms with Gasteiger partial charge < -0.3 is 5.32 Å². The Morgan fingerprint density at radius 2 is 2.19 bits per heavy atom. The van der Waals surface area contributed by atoms with E-state index in [9.17, 15) is 9.18 Å². The maximum atomic E-state index is 13.2. The molecule has 1 rings (SSSR count). The lowest BCUT2D eigenvalue weighted by molar-refractivity contribution is 0.0952. The van der Waals surface area contributed by atoms with Crippen molar-refractivity contribution in [3.63, 3.8) is 0 Å². The van der Waals surface area contributed by atoms with Gasteiger partial charge in [-0.3, -0.25) is 4.79 Å². The van der Waals surface area contributed by atoms with Crippen molar-refractivity contribution in [1.29, 1.82) is 0 Å². The van der Waals surface area contributed by atoms with Crippen LogP contribution in [-0.2, 0) is 0 Å². The highest BCUT2D eigenvalue weighted by Gasteiger charge is 2.12. The first-order valence-electron chi connectivity index (χ1n) is 5.30. The zero-order valence-corrected chi connectivity index (χ0v) is 11.0. The highest BCUT2D eigenvalue weighted by Crippen LogP contribution is 2.20. The van der Waals surface area contributed by atoms with Crippen molar-refractivity contribution in [3.8, 4) is 0 Å². The van der Waals surface area contributed by atoms with Gasteiger partial charge in [0.15, 0.2) is 0 Å². The molecule has 88 valence electrons. The van der Waals surface area contributed by atoms with Gasteiger partial charge in [-0.1, -0.05) is 13.3 Å². The lowest BCUT2D eigenvalue weighted by atomic mass is 10.1. The van der Waals surface area contributed by atoms with E-state index in [1.54, 1.807) is 13.0 Å². The van der Waals surface area contributed by atoms with Crippen molar-refractivity contribution in [1.82, 2.24) is 5.32 Å². The minimum atomic E-state index is -0.308. The summed E-state index contributed by atoms with van der Waals surface area (Å²) in [6, 6.07) is 2.88. The fraction of sp³-hybridized carbons (Fsp3) is 0.417. The number of aryl methyl sites for hydroxylation is 1. The predicted octanol–water partition coefficient (Wildman–Crippen LogP) is 3.43. The van der Waals surface area contributed by atoms with Crippen LogP contribution in [0.15, 0.2) is 16.6 Å². The molecule has 0 aliphatic carbocycles. The minimum absolute atomic E-state index is 0.163. The monoisotopic (exact) mass is 287 g/mol. The number of halogens is 2. The Labute approximate surface area is 103 Å². The zero-order valence-electron chi connectivity index (χ0n) is 9.44. The zero-order chi connectivity index (χ0) is 12.1. The molecule has 0 aliphatic rings. The molecule has 0 atom stereocenters. The van der Waals surface area contributed by atoms with Crippen LogP contribution in [0.25, 0.3) is 0 Å². The van der Waals surface area contributed by atoms with E-state index in [0.29, 0.717) is 22.1 Å². The highest BCUT2D eigenvalue weighted by atomic mass is 79.9. The standard InChI is InChI=1S/C12H15BrFNO/c1-3-4-5-15-12(16)9-6-8(2)11(14)7-10(9)13/h6-7H,3-5H2,1-2H3,(H,15,16). The largest absolute Gasteiger partial charge is 0.352 e. The molecular formula is C12H15BrFNO. The van der Waals surface area contributed by atoms with E-state index in [2.05, 4.69) is 28.2 Å². The minimum Gasteiger partial charge on any atom is -0.352 e. The molecule has 0 unspecified atom stereocenters. The van der Waals surface area contributed by atoms with Crippen LogP contribution in [0.4, 0.5) is 4.39 Å². The van der Waals surface area contributed by atoms with Crippen molar-refractivity contribution < 1.29 is 9.18 Å². The molecule has 0 spiro atoms. The van der Waals surface area contributed by atoms with Crippen LogP contribution in [0.3, 0.4) is 0 Å². The van der Waals surface area contributed by atoms with Crippen molar-refractivity contribution in [2.24, 2.45) is 0 Å². The van der Waals surface area contributed by atoms with Gasteiger partial charge in [-0.2, -0.15) is 0 Å². The molecule has 0 radical (unpaired) electrons. The molecule has 2 nitrogen and oxygen atoms in total. The first-order chi connectivity index (χ1) is 7.56. The number of benzene rings is 1. The SMILES string of the molecule is CCCCNC(=O)c1cc(C)c(F)cc1Br. The Balaban J connectivity index is 2.79. The molecule has 0 saturated heterocycles. The Morgan fingerprint density at radius 3 is 2.81 bits per heavy atom. The highest BCUT2D eigenvalue weighted by molar-refractivity contribution is 9.10. The average molecular weight is 288 g/mol. The molecule has 16 heavy (non-hydrogen) atoms. The molecule has 1 aromatic carbocycles. The summed E-state index contributed by atoms with van der Waals surface area (Å²) in [4.78, 5) is 11.7. The fourth-order valence-electron chi connectivity index (χ4n) is 1.31. The van der Waals surface area contributed by atoms with Crippen LogP contribution >= 0.6 is 15.9 Å². The average Bonchev–Trinajstić information content (AvgIpc) is 2.23. The first kappa shape index (κ1) is 13.2. The van der Waals surface area contributed by atoms with Crippen molar-refractivity contribution in [2.45, 2.75) is 26.7 Å². The maximum absolute atomic E-state index is 13.2. The molecule has 0 aliphatic heterocycles. The first-order valence-corrected chi connectivity index (χ1v) is 6.09. The van der Waals surface area contributed by atoms with Crippen LogP contribution in [-0.4, -0.2) is 12.5 Å². The molecule has 1 aromatic rings. The number of amides is 1. The predicted molar refractivity (Wildman–Crippen MR) is 66.1 cm³/mol. The van der Waals surface area contributed by atoms with Gasteiger partial charge in [-0.05, 0) is 47.0 Å². The van der Waals surface area contributed by atoms with Gasteiger partial charge in [0.2, 0.25) is 0 Å². The second kappa shape index (κ2) is 5.99. The molecule has 1 amide bonds. The van der Waals surface area contributed by atoms with Crippen LogP contribution in [0.2, 0.25) is 0 Å². The van der Waals surface area contributed by atoms with Crippen LogP contribution in [0.5, 0.6) is 0 Å². The number of carbonyl (C=O) groups excluding carboxylic acids is 1. The second-order valence-corrected chi connectivity index (χ2v) is 4.55. The quantitative estimate of drug-likeness (QED) is 0.845. The van der Waals surface area contributed by atoms with Gasteiger partial charge in [-0.25, -0.2) is 4.39 Å². The Hall–Kier alpha value is -0.900. The molecule has 0 aromatic heterocycles. The number of hydrogen-bond acceptors (Lipinski definition) is 1. The molecular weight excluding hydrogens is 273 g/mol. The van der Waals surface area contributed by atoms with E-state index in [1.807, 2.05) is 0 Å². The van der Waals surface area contributed by atoms with Crippen LogP contribution < -0.4 is 5.32 Å². The Bertz CT molecular complexity index is 393. The van der Waals surface area contributed by atoms with E-state index in [4.69, 9.17) is 0 Å². The van der Waals surface area contributed by atoms with Crippen molar-refractivity contribution in [3.05, 3.63) is 33.5 Å². The summed E-state index contributed by atoms with van der Waals surface area (Å²) < 4.78 is 13.7. The summed E-state index contributed by atoms with van der Waals surface area (Å²) in [5.41, 5.74) is 0.957. The number of carbonyl (C=O) groups is 1. The Morgan fingerprint density at radius 1 is 1.50 bits per heavy atom. The molecule has 0 bridgehead atoms. The van der Waals surface area contributed by atoms with E-state index < -0.39 is 0 Å². The molecule has 4 heteroatoms. The van der Waals surface area contributed by atoms with Gasteiger partial charge in [0, 0.05) is 11.0 Å². The normalized spacial score (nSPS) is 10.2. The maximum Gasteiger partial charge on any atom is 0.252 e. The van der Waals surface area contributed by atoms with Gasteiger partial charge in [-0.15, -0.1) is 0 Å². The van der Waals surface area contributed by atoms with E-state index in [0.717, 1.165) is 12.8 Å². The topological polar surface area (TPSA) is 29.1 Å². The molecule has 0 fully saturated rings. The van der Waals surface area contributed by atoms with E-state index >= 15 is 0 Å². The second-order valence-electron chi connectivity index (χ2n) is 3.69. The summed E-state index contributed by atoms with van der Waals surface area (Å²) in [5.74, 6) is -0.472. The van der Waals surface area contributed by atoms with Gasteiger partial charge in [0.1, 0.15) is 5.82 Å². The van der Waals surface area contributed by atoms with Crippen molar-refractivity contribution in [2.75, 3.05) is 6.54 Å². The van der Waals surface area contributed by atoms with Crippen molar-refractivity contribution >= 4 is 21.8 Å². The van der Waals surface area contributed by atoms with E-state index in [1.165, 1.54) is 6.07 Å². The number of nitrogens with one attached hydrogen (secondary N) is 1. The number of unbranched alkanes of at least 4 members (excludes halogenated alkanes) is 1. The number of hydrogen-bond donors (Lipinski definition) is 1. The van der Waals surface area contributed by atoms with Gasteiger partial charge in [0.05, 0.1) is 5.56 Å². The van der Waals surface area contributed by atoms with E-state index in [-0.39, 0.29) is 11.7 Å². The number of rotatable bonds is 4. The summed E-state index contributed by atoms with van der Waals surface area (Å²) in [7, 11) is 0. The lowest BCUT2D eigenvalue weighted by Crippen LogP contribution is -2.24. The third kappa shape index (κ3) is 3.30. The molecule has 0 saturated carbocycles. The van der Waals surface area contributed by atoms with Gasteiger partial charge >= 0.3 is 0 Å². The molecule has 0 heterocycles. The van der Waals surface area contributed by atoms with Crippen LogP contribution in [0, 0.1) is 12.7 Å². The third-order valence-electron chi connectivity index (χ3n) is 2.31. The summed E-state index contributed by atoms with van der Waals surface area (Å²) in [6.07, 6.45) is 1.98. The smallest absolute Gasteiger partial charge is 0.252 e. The fourth-order valence-corrected chi connectivity index (χ4v) is 1.80. The van der Waals surface area contributed by atoms with Gasteiger partial charge in [0.25, 0.3) is 5.91 Å². The third-order valence-corrected chi connectivity index (χ3v) is 2.96. The van der Waals surface area contributed by atoms with Crippen LogP contribution in [0.1, 0.15) is 35.7 Å². The summed E-state index contributed by atoms with van der Waals surface area (Å²) in [5, 5.41) is 2.80. The molecule has 1 N–H and O–H groups in total.